The fourth-order valence-corrected chi connectivity index (χ4v) is 3.66. The number of carbonyl (C=O) groups excluding carboxylic acids is 2. The minimum atomic E-state index is -0.0389. The van der Waals surface area contributed by atoms with Crippen LogP contribution in [-0.4, -0.2) is 30.2 Å². The number of Topliss-reactive ketones (excluding diaryl/α,β-unsaturated/α-hetero) is 1. The molecular weight excluding hydrogens is 346 g/mol. The zero-order valence-electron chi connectivity index (χ0n) is 19.6. The molecular formula is C25H49NO2. The van der Waals surface area contributed by atoms with Gasteiger partial charge in [0.2, 0.25) is 5.91 Å². The summed E-state index contributed by atoms with van der Waals surface area (Å²) in [4.78, 5) is 24.8. The topological polar surface area (TPSA) is 37.4 Å². The molecule has 0 rings (SSSR count). The molecule has 0 radical (unpaired) electrons. The van der Waals surface area contributed by atoms with E-state index in [9.17, 15) is 9.59 Å². The zero-order valence-corrected chi connectivity index (χ0v) is 19.6. The number of ketones is 1. The molecule has 0 N–H and O–H groups in total. The van der Waals surface area contributed by atoms with Gasteiger partial charge in [0.15, 0.2) is 5.78 Å². The molecule has 3 heteroatoms. The van der Waals surface area contributed by atoms with Gasteiger partial charge < -0.3 is 4.90 Å². The van der Waals surface area contributed by atoms with Crippen molar-refractivity contribution in [2.45, 2.75) is 130 Å². The third kappa shape index (κ3) is 17.3. The fourth-order valence-electron chi connectivity index (χ4n) is 3.66. The zero-order chi connectivity index (χ0) is 21.0. The third-order valence-electron chi connectivity index (χ3n) is 5.97. The van der Waals surface area contributed by atoms with Crippen molar-refractivity contribution in [2.24, 2.45) is 5.92 Å². The van der Waals surface area contributed by atoms with Crippen LogP contribution in [0.4, 0.5) is 0 Å². The molecule has 1 amide bonds. The van der Waals surface area contributed by atoms with Gasteiger partial charge in [0.1, 0.15) is 0 Å². The van der Waals surface area contributed by atoms with Crippen LogP contribution >= 0.6 is 0 Å². The molecule has 0 heterocycles. The summed E-state index contributed by atoms with van der Waals surface area (Å²) in [5, 5.41) is 0. The molecule has 1 atom stereocenters. The average molecular weight is 396 g/mol. The summed E-state index contributed by atoms with van der Waals surface area (Å²) in [6.45, 7) is 6.05. The predicted octanol–water partition coefficient (Wildman–Crippen LogP) is 7.32. The van der Waals surface area contributed by atoms with Crippen LogP contribution in [0, 0.1) is 5.92 Å². The number of likely N-dealkylation sites (N-methyl/N-ethyl adjacent to an activating group) is 1. The van der Waals surface area contributed by atoms with E-state index >= 15 is 0 Å². The highest BCUT2D eigenvalue weighted by Gasteiger charge is 2.15. The highest BCUT2D eigenvalue weighted by atomic mass is 16.2. The average Bonchev–Trinajstić information content (AvgIpc) is 2.67. The minimum absolute atomic E-state index is 0.0389. The molecule has 0 saturated carbocycles. The molecule has 0 saturated heterocycles. The van der Waals surface area contributed by atoms with Crippen LogP contribution in [0.1, 0.15) is 130 Å². The van der Waals surface area contributed by atoms with Crippen molar-refractivity contribution in [1.29, 1.82) is 0 Å². The molecule has 28 heavy (non-hydrogen) atoms. The molecule has 0 spiro atoms. The molecule has 0 aliphatic rings. The minimum Gasteiger partial charge on any atom is -0.339 e. The lowest BCUT2D eigenvalue weighted by atomic mass is 9.97. The number of hydrogen-bond donors (Lipinski definition) is 0. The summed E-state index contributed by atoms with van der Waals surface area (Å²) in [7, 11) is 1.70. The van der Waals surface area contributed by atoms with Gasteiger partial charge in [-0.2, -0.15) is 0 Å². The molecule has 0 fully saturated rings. The van der Waals surface area contributed by atoms with E-state index in [2.05, 4.69) is 6.92 Å². The van der Waals surface area contributed by atoms with Crippen LogP contribution < -0.4 is 0 Å². The smallest absolute Gasteiger partial charge is 0.219 e. The normalized spacial score (nSPS) is 12.1. The SMILES string of the molecule is CCCCCCCCCCCCCCCCCCC(C)C(=O)CN(C)C(C)=O. The van der Waals surface area contributed by atoms with Gasteiger partial charge in [-0.05, 0) is 6.42 Å². The Labute approximate surface area is 176 Å². The van der Waals surface area contributed by atoms with Gasteiger partial charge in [0.05, 0.1) is 6.54 Å². The van der Waals surface area contributed by atoms with Crippen LogP contribution in [0.25, 0.3) is 0 Å². The number of amides is 1. The number of unbranched alkanes of at least 4 members (excludes halogenated alkanes) is 15. The number of nitrogens with zero attached hydrogens (tertiary/aromatic N) is 1. The summed E-state index contributed by atoms with van der Waals surface area (Å²) in [6, 6.07) is 0. The Kier molecular flexibility index (Phi) is 18.9. The second-order valence-corrected chi connectivity index (χ2v) is 8.83. The predicted molar refractivity (Wildman–Crippen MR) is 122 cm³/mol. The lowest BCUT2D eigenvalue weighted by Crippen LogP contribution is -2.32. The van der Waals surface area contributed by atoms with E-state index in [1.165, 1.54) is 108 Å². The van der Waals surface area contributed by atoms with E-state index in [1.54, 1.807) is 7.05 Å². The van der Waals surface area contributed by atoms with Crippen molar-refractivity contribution >= 4 is 11.7 Å². The first-order valence-corrected chi connectivity index (χ1v) is 12.2. The van der Waals surface area contributed by atoms with Crippen molar-refractivity contribution in [3.05, 3.63) is 0 Å². The maximum absolute atomic E-state index is 12.1. The van der Waals surface area contributed by atoms with Crippen LogP contribution in [0.3, 0.4) is 0 Å². The first kappa shape index (κ1) is 27.1. The number of carbonyl (C=O) groups is 2. The Hall–Kier alpha value is -0.860. The standard InChI is InChI=1S/C25H49NO2/c1-5-6-7-8-9-10-11-12-13-14-15-16-17-18-19-20-21-23(2)25(28)22-26(4)24(3)27/h23H,5-22H2,1-4H3. The summed E-state index contributed by atoms with van der Waals surface area (Å²) in [5.74, 6) is 0.232. The Balaban J connectivity index is 3.31. The molecule has 0 aliphatic carbocycles. The largest absolute Gasteiger partial charge is 0.339 e. The Morgan fingerprint density at radius 1 is 0.679 bits per heavy atom. The lowest BCUT2D eigenvalue weighted by Gasteiger charge is -2.17. The van der Waals surface area contributed by atoms with Gasteiger partial charge in [0.25, 0.3) is 0 Å². The summed E-state index contributed by atoms with van der Waals surface area (Å²) in [5.41, 5.74) is 0. The molecule has 0 aromatic rings. The van der Waals surface area contributed by atoms with Crippen molar-refractivity contribution in [2.75, 3.05) is 13.6 Å². The Bertz CT molecular complexity index is 381. The number of hydrogen-bond acceptors (Lipinski definition) is 2. The van der Waals surface area contributed by atoms with E-state index in [4.69, 9.17) is 0 Å². The lowest BCUT2D eigenvalue weighted by molar-refractivity contribution is -0.133. The highest BCUT2D eigenvalue weighted by Crippen LogP contribution is 2.15. The molecule has 0 bridgehead atoms. The first-order valence-electron chi connectivity index (χ1n) is 12.2. The van der Waals surface area contributed by atoms with E-state index in [1.807, 2.05) is 6.92 Å². The maximum Gasteiger partial charge on any atom is 0.219 e. The van der Waals surface area contributed by atoms with Crippen LogP contribution in [0.2, 0.25) is 0 Å². The van der Waals surface area contributed by atoms with Gasteiger partial charge >= 0.3 is 0 Å². The number of rotatable bonds is 20. The van der Waals surface area contributed by atoms with Crippen LogP contribution in [-0.2, 0) is 9.59 Å². The second-order valence-electron chi connectivity index (χ2n) is 8.83. The van der Waals surface area contributed by atoms with Gasteiger partial charge in [-0.15, -0.1) is 0 Å². The van der Waals surface area contributed by atoms with Crippen molar-refractivity contribution in [3.63, 3.8) is 0 Å². The Morgan fingerprint density at radius 3 is 1.39 bits per heavy atom. The molecule has 0 aromatic heterocycles. The van der Waals surface area contributed by atoms with E-state index in [0.717, 1.165) is 12.8 Å². The Morgan fingerprint density at radius 2 is 1.04 bits per heavy atom. The monoisotopic (exact) mass is 395 g/mol. The molecule has 0 aromatic carbocycles. The van der Waals surface area contributed by atoms with Crippen LogP contribution in [0.5, 0.6) is 0 Å². The first-order chi connectivity index (χ1) is 13.5. The van der Waals surface area contributed by atoms with Crippen molar-refractivity contribution in [1.82, 2.24) is 4.90 Å². The van der Waals surface area contributed by atoms with E-state index in [-0.39, 0.29) is 24.2 Å². The second kappa shape index (κ2) is 19.5. The van der Waals surface area contributed by atoms with E-state index in [0.29, 0.717) is 0 Å². The summed E-state index contributed by atoms with van der Waals surface area (Å²) >= 11 is 0. The molecule has 3 nitrogen and oxygen atoms in total. The van der Waals surface area contributed by atoms with Gasteiger partial charge in [-0.25, -0.2) is 0 Å². The van der Waals surface area contributed by atoms with Gasteiger partial charge in [-0.3, -0.25) is 9.59 Å². The van der Waals surface area contributed by atoms with Gasteiger partial charge in [-0.1, -0.05) is 117 Å². The van der Waals surface area contributed by atoms with Crippen LogP contribution in [0.15, 0.2) is 0 Å². The van der Waals surface area contributed by atoms with Gasteiger partial charge in [0, 0.05) is 19.9 Å². The molecule has 1 unspecified atom stereocenters. The maximum atomic E-state index is 12.1. The van der Waals surface area contributed by atoms with E-state index < -0.39 is 0 Å². The van der Waals surface area contributed by atoms with Crippen molar-refractivity contribution in [3.8, 4) is 0 Å². The quantitative estimate of drug-likeness (QED) is 0.202. The molecule has 0 aliphatic heterocycles. The highest BCUT2D eigenvalue weighted by molar-refractivity contribution is 5.86. The molecule has 166 valence electrons. The fraction of sp³-hybridized carbons (Fsp3) is 0.920. The summed E-state index contributed by atoms with van der Waals surface area (Å²) < 4.78 is 0. The third-order valence-corrected chi connectivity index (χ3v) is 5.97. The van der Waals surface area contributed by atoms with Crippen molar-refractivity contribution < 1.29 is 9.59 Å². The summed E-state index contributed by atoms with van der Waals surface area (Å²) in [6.07, 6.45) is 22.9.